The molecule has 4 nitrogen and oxygen atoms in total. The summed E-state index contributed by atoms with van der Waals surface area (Å²) < 4.78 is 7.11. The van der Waals surface area contributed by atoms with Gasteiger partial charge in [0.15, 0.2) is 0 Å². The van der Waals surface area contributed by atoms with Gasteiger partial charge in [0.25, 0.3) is 4.84 Å². The molecule has 0 spiro atoms. The molecule has 0 saturated heterocycles. The summed E-state index contributed by atoms with van der Waals surface area (Å²) in [6, 6.07) is 8.18. The Morgan fingerprint density at radius 3 is 2.38 bits per heavy atom. The monoisotopic (exact) mass is 323 g/mol. The third kappa shape index (κ3) is 3.20. The third-order valence-electron chi connectivity index (χ3n) is 4.21. The van der Waals surface area contributed by atoms with Crippen molar-refractivity contribution in [1.29, 1.82) is 0 Å². The molecule has 0 unspecified atom stereocenters. The first kappa shape index (κ1) is 14.8. The van der Waals surface area contributed by atoms with Crippen molar-refractivity contribution in [3.05, 3.63) is 45.6 Å². The lowest BCUT2D eigenvalue weighted by molar-refractivity contribution is 0.336. The summed E-state index contributed by atoms with van der Waals surface area (Å²) >= 11 is 11.0. The van der Waals surface area contributed by atoms with Crippen molar-refractivity contribution in [3.8, 4) is 0 Å². The van der Waals surface area contributed by atoms with Gasteiger partial charge < -0.3 is 10.2 Å². The molecule has 1 aliphatic carbocycles. The lowest BCUT2D eigenvalue weighted by atomic mass is 9.79. The van der Waals surface area contributed by atoms with Crippen LogP contribution in [0, 0.1) is 4.84 Å². The van der Waals surface area contributed by atoms with E-state index in [1.54, 1.807) is 0 Å². The van der Waals surface area contributed by atoms with E-state index in [0.717, 1.165) is 36.6 Å². The number of aromatic nitrogens is 2. The number of rotatable bonds is 3. The van der Waals surface area contributed by atoms with Gasteiger partial charge >= 0.3 is 0 Å². The Kier molecular flexibility index (Phi) is 4.42. The zero-order chi connectivity index (χ0) is 14.8. The van der Waals surface area contributed by atoms with Crippen LogP contribution in [0.5, 0.6) is 0 Å². The highest BCUT2D eigenvalue weighted by atomic mass is 35.5. The van der Waals surface area contributed by atoms with Gasteiger partial charge in [0.2, 0.25) is 5.89 Å². The molecule has 0 bridgehead atoms. The maximum Gasteiger partial charge on any atom is 0.288 e. The maximum absolute atomic E-state index is 5.94. The predicted octanol–water partition coefficient (Wildman–Crippen LogP) is 4.22. The van der Waals surface area contributed by atoms with Crippen LogP contribution in [0.15, 0.2) is 28.7 Å². The molecule has 3 rings (SSSR count). The second-order valence-electron chi connectivity index (χ2n) is 5.49. The smallest absolute Gasteiger partial charge is 0.288 e. The molecule has 1 fully saturated rings. The van der Waals surface area contributed by atoms with Crippen LogP contribution in [-0.4, -0.2) is 9.78 Å². The Bertz CT molecular complexity index is 656. The van der Waals surface area contributed by atoms with Crippen LogP contribution in [0.1, 0.15) is 49.0 Å². The van der Waals surface area contributed by atoms with Gasteiger partial charge in [-0.15, -0.1) is 5.10 Å². The molecule has 112 valence electrons. The maximum atomic E-state index is 5.94. The fourth-order valence-corrected chi connectivity index (χ4v) is 3.34. The fourth-order valence-electron chi connectivity index (χ4n) is 3.01. The van der Waals surface area contributed by atoms with Gasteiger partial charge in [0, 0.05) is 10.9 Å². The first-order chi connectivity index (χ1) is 10.2. The molecular weight excluding hydrogens is 306 g/mol. The minimum absolute atomic E-state index is 0.266. The van der Waals surface area contributed by atoms with Gasteiger partial charge in [0.1, 0.15) is 0 Å². The molecule has 0 aliphatic heterocycles. The number of hydrogen-bond donors (Lipinski definition) is 1. The van der Waals surface area contributed by atoms with Gasteiger partial charge in [-0.3, -0.25) is 0 Å². The molecule has 1 aromatic heterocycles. The normalized spacial score (nSPS) is 22.4. The van der Waals surface area contributed by atoms with E-state index >= 15 is 0 Å². The largest absolute Gasteiger partial charge is 0.414 e. The van der Waals surface area contributed by atoms with Crippen molar-refractivity contribution < 1.29 is 4.42 Å². The third-order valence-corrected chi connectivity index (χ3v) is 4.76. The van der Waals surface area contributed by atoms with Crippen LogP contribution in [0.4, 0.5) is 0 Å². The first-order valence-electron chi connectivity index (χ1n) is 7.20. The van der Waals surface area contributed by atoms with Crippen LogP contribution >= 0.6 is 23.8 Å². The lowest BCUT2D eigenvalue weighted by Gasteiger charge is -2.26. The molecular formula is C15H18ClN3OS. The minimum Gasteiger partial charge on any atom is -0.414 e. The summed E-state index contributed by atoms with van der Waals surface area (Å²) in [4.78, 5) is 0.368. The van der Waals surface area contributed by atoms with Gasteiger partial charge in [0.05, 0.1) is 6.67 Å². The molecule has 0 amide bonds. The second kappa shape index (κ2) is 6.30. The predicted molar refractivity (Wildman–Crippen MR) is 84.9 cm³/mol. The summed E-state index contributed by atoms with van der Waals surface area (Å²) in [6.45, 7) is 0.266. The Labute approximate surface area is 133 Å². The van der Waals surface area contributed by atoms with Crippen LogP contribution in [0.3, 0.4) is 0 Å². The number of hydrogen-bond acceptors (Lipinski definition) is 4. The second-order valence-corrected chi connectivity index (χ2v) is 6.27. The molecule has 21 heavy (non-hydrogen) atoms. The fraction of sp³-hybridized carbons (Fsp3) is 0.467. The molecule has 1 heterocycles. The Hall–Kier alpha value is -1.17. The van der Waals surface area contributed by atoms with E-state index in [9.17, 15) is 0 Å². The van der Waals surface area contributed by atoms with Crippen LogP contribution in [0.2, 0.25) is 5.02 Å². The summed E-state index contributed by atoms with van der Waals surface area (Å²) in [5.74, 6) is 1.68. The van der Waals surface area contributed by atoms with E-state index in [1.165, 1.54) is 10.2 Å². The van der Waals surface area contributed by atoms with E-state index in [1.807, 2.05) is 12.1 Å². The standard InChI is InChI=1S/C15H18ClN3OS/c16-13-7-5-11(6-8-13)10-1-3-12(4-2-10)14-18-19(9-17)15(21)20-14/h5-8,10,12H,1-4,9,17H2. The van der Waals surface area contributed by atoms with E-state index in [2.05, 4.69) is 17.2 Å². The number of nitrogens with two attached hydrogens (primary N) is 1. The van der Waals surface area contributed by atoms with E-state index in [0.29, 0.717) is 16.7 Å². The van der Waals surface area contributed by atoms with Crippen molar-refractivity contribution in [3.63, 3.8) is 0 Å². The molecule has 2 aromatic rings. The van der Waals surface area contributed by atoms with Crippen molar-refractivity contribution in [2.24, 2.45) is 5.73 Å². The highest BCUT2D eigenvalue weighted by Gasteiger charge is 2.26. The lowest BCUT2D eigenvalue weighted by Crippen LogP contribution is -2.14. The molecule has 0 atom stereocenters. The highest BCUT2D eigenvalue weighted by Crippen LogP contribution is 2.40. The summed E-state index contributed by atoms with van der Waals surface area (Å²) in [7, 11) is 0. The van der Waals surface area contributed by atoms with E-state index in [-0.39, 0.29) is 6.67 Å². The minimum atomic E-state index is 0.266. The molecule has 6 heteroatoms. The first-order valence-corrected chi connectivity index (χ1v) is 7.99. The van der Waals surface area contributed by atoms with Crippen molar-refractivity contribution in [1.82, 2.24) is 9.78 Å². The Morgan fingerprint density at radius 2 is 1.81 bits per heavy atom. The quantitative estimate of drug-likeness (QED) is 0.859. The average molecular weight is 324 g/mol. The van der Waals surface area contributed by atoms with Crippen molar-refractivity contribution >= 4 is 23.8 Å². The van der Waals surface area contributed by atoms with E-state index < -0.39 is 0 Å². The highest BCUT2D eigenvalue weighted by molar-refractivity contribution is 7.71. The summed E-state index contributed by atoms with van der Waals surface area (Å²) in [5.41, 5.74) is 6.93. The number of halogens is 1. The molecule has 1 aliphatic rings. The van der Waals surface area contributed by atoms with E-state index in [4.69, 9.17) is 34.0 Å². The topological polar surface area (TPSA) is 57.0 Å². The molecule has 2 N–H and O–H groups in total. The van der Waals surface area contributed by atoms with Crippen molar-refractivity contribution in [2.45, 2.75) is 44.2 Å². The van der Waals surface area contributed by atoms with Gasteiger partial charge in [-0.1, -0.05) is 23.7 Å². The summed E-state index contributed by atoms with van der Waals surface area (Å²) in [6.07, 6.45) is 4.38. The van der Waals surface area contributed by atoms with Gasteiger partial charge in [-0.25, -0.2) is 4.68 Å². The Morgan fingerprint density at radius 1 is 1.19 bits per heavy atom. The van der Waals surface area contributed by atoms with Gasteiger partial charge in [-0.05, 0) is 61.5 Å². The molecule has 0 radical (unpaired) electrons. The van der Waals surface area contributed by atoms with Crippen LogP contribution in [-0.2, 0) is 6.67 Å². The van der Waals surface area contributed by atoms with Crippen molar-refractivity contribution in [2.75, 3.05) is 0 Å². The summed E-state index contributed by atoms with van der Waals surface area (Å²) in [5, 5.41) is 5.15. The van der Waals surface area contributed by atoms with Crippen LogP contribution in [0.25, 0.3) is 0 Å². The Balaban J connectivity index is 1.67. The molecule has 1 saturated carbocycles. The molecule has 1 aromatic carbocycles. The SMILES string of the molecule is NCn1nc(C2CCC(c3ccc(Cl)cc3)CC2)oc1=S. The van der Waals surface area contributed by atoms with Gasteiger partial charge in [-0.2, -0.15) is 0 Å². The average Bonchev–Trinajstić information content (AvgIpc) is 2.89. The van der Waals surface area contributed by atoms with Crippen LogP contribution < -0.4 is 5.73 Å². The zero-order valence-electron chi connectivity index (χ0n) is 11.7. The number of nitrogens with zero attached hydrogens (tertiary/aromatic N) is 2. The number of benzene rings is 1. The zero-order valence-corrected chi connectivity index (χ0v) is 13.2.